The van der Waals surface area contributed by atoms with Gasteiger partial charge in [-0.1, -0.05) is 37.3 Å². The fourth-order valence-corrected chi connectivity index (χ4v) is 3.34. The highest BCUT2D eigenvalue weighted by atomic mass is 16.3. The SMILES string of the molecule is CCc1ncc(C(=O)N2CCC([C@@H](O)Cc3ccccc3)CC2)cn1. The molecule has 1 atom stereocenters. The van der Waals surface area contributed by atoms with E-state index in [0.29, 0.717) is 25.1 Å². The number of piperidine rings is 1. The minimum absolute atomic E-state index is 0.0151. The van der Waals surface area contributed by atoms with Gasteiger partial charge in [0.15, 0.2) is 0 Å². The van der Waals surface area contributed by atoms with Crippen LogP contribution in [-0.4, -0.2) is 45.1 Å². The predicted octanol–water partition coefficient (Wildman–Crippen LogP) is 2.49. The van der Waals surface area contributed by atoms with E-state index in [1.807, 2.05) is 42.2 Å². The number of benzene rings is 1. The summed E-state index contributed by atoms with van der Waals surface area (Å²) >= 11 is 0. The van der Waals surface area contributed by atoms with Crippen molar-refractivity contribution in [3.05, 3.63) is 59.7 Å². The molecule has 1 aliphatic rings. The summed E-state index contributed by atoms with van der Waals surface area (Å²) in [6.45, 7) is 3.33. The molecule has 2 heterocycles. The van der Waals surface area contributed by atoms with Crippen LogP contribution in [-0.2, 0) is 12.8 Å². The summed E-state index contributed by atoms with van der Waals surface area (Å²) in [6, 6.07) is 10.1. The number of amides is 1. The van der Waals surface area contributed by atoms with E-state index in [4.69, 9.17) is 0 Å². The van der Waals surface area contributed by atoms with Crippen LogP contribution in [0.4, 0.5) is 0 Å². The maximum absolute atomic E-state index is 12.6. The summed E-state index contributed by atoms with van der Waals surface area (Å²) < 4.78 is 0. The molecule has 25 heavy (non-hydrogen) atoms. The van der Waals surface area contributed by atoms with E-state index < -0.39 is 0 Å². The zero-order valence-corrected chi connectivity index (χ0v) is 14.6. The number of hydrogen-bond acceptors (Lipinski definition) is 4. The zero-order valence-electron chi connectivity index (χ0n) is 14.6. The Balaban J connectivity index is 1.53. The van der Waals surface area contributed by atoms with Gasteiger partial charge in [-0.3, -0.25) is 4.79 Å². The Morgan fingerprint density at radius 1 is 1.20 bits per heavy atom. The fourth-order valence-electron chi connectivity index (χ4n) is 3.34. The lowest BCUT2D eigenvalue weighted by atomic mass is 9.88. The Labute approximate surface area is 148 Å². The molecular formula is C20H25N3O2. The molecule has 5 heteroatoms. The predicted molar refractivity (Wildman–Crippen MR) is 96.2 cm³/mol. The summed E-state index contributed by atoms with van der Waals surface area (Å²) in [5.41, 5.74) is 1.70. The highest BCUT2D eigenvalue weighted by Crippen LogP contribution is 2.24. The molecule has 0 spiro atoms. The molecule has 0 unspecified atom stereocenters. The van der Waals surface area contributed by atoms with Crippen LogP contribution in [0.25, 0.3) is 0 Å². The normalized spacial score (nSPS) is 16.6. The van der Waals surface area contributed by atoms with Gasteiger partial charge in [0, 0.05) is 31.9 Å². The van der Waals surface area contributed by atoms with Crippen molar-refractivity contribution in [3.63, 3.8) is 0 Å². The van der Waals surface area contributed by atoms with E-state index in [0.717, 1.165) is 30.7 Å². The molecule has 0 radical (unpaired) electrons. The largest absolute Gasteiger partial charge is 0.392 e. The van der Waals surface area contributed by atoms with Crippen molar-refractivity contribution in [2.45, 2.75) is 38.7 Å². The van der Waals surface area contributed by atoms with Crippen molar-refractivity contribution in [1.29, 1.82) is 0 Å². The van der Waals surface area contributed by atoms with E-state index in [9.17, 15) is 9.90 Å². The second-order valence-corrected chi connectivity index (χ2v) is 6.63. The summed E-state index contributed by atoms with van der Waals surface area (Å²) in [5.74, 6) is 0.973. The topological polar surface area (TPSA) is 66.3 Å². The van der Waals surface area contributed by atoms with Gasteiger partial charge in [-0.05, 0) is 30.7 Å². The van der Waals surface area contributed by atoms with E-state index in [2.05, 4.69) is 9.97 Å². The quantitative estimate of drug-likeness (QED) is 0.909. The molecule has 1 amide bonds. The molecule has 2 aromatic rings. The third-order valence-corrected chi connectivity index (χ3v) is 4.93. The molecule has 1 aliphatic heterocycles. The van der Waals surface area contributed by atoms with Crippen LogP contribution >= 0.6 is 0 Å². The first-order valence-corrected chi connectivity index (χ1v) is 8.99. The molecule has 0 aliphatic carbocycles. The van der Waals surface area contributed by atoms with Gasteiger partial charge in [-0.15, -0.1) is 0 Å². The number of aliphatic hydroxyl groups excluding tert-OH is 1. The average molecular weight is 339 g/mol. The summed E-state index contributed by atoms with van der Waals surface area (Å²) in [7, 11) is 0. The van der Waals surface area contributed by atoms with Gasteiger partial charge in [-0.25, -0.2) is 9.97 Å². The molecule has 5 nitrogen and oxygen atoms in total. The highest BCUT2D eigenvalue weighted by Gasteiger charge is 2.28. The van der Waals surface area contributed by atoms with Gasteiger partial charge in [0.1, 0.15) is 5.82 Å². The third kappa shape index (κ3) is 4.42. The lowest BCUT2D eigenvalue weighted by Gasteiger charge is -2.34. The Morgan fingerprint density at radius 2 is 1.84 bits per heavy atom. The van der Waals surface area contributed by atoms with E-state index in [1.165, 1.54) is 0 Å². The minimum atomic E-state index is -0.355. The van der Waals surface area contributed by atoms with Crippen LogP contribution in [0.5, 0.6) is 0 Å². The van der Waals surface area contributed by atoms with Crippen LogP contribution in [0.2, 0.25) is 0 Å². The van der Waals surface area contributed by atoms with Gasteiger partial charge in [0.05, 0.1) is 11.7 Å². The summed E-state index contributed by atoms with van der Waals surface area (Å²) in [5, 5.41) is 10.5. The standard InChI is InChI=1S/C20H25N3O2/c1-2-19-21-13-17(14-22-19)20(25)23-10-8-16(9-11-23)18(24)12-15-6-4-3-5-7-15/h3-7,13-14,16,18,24H,2,8-12H2,1H3/t18-/m0/s1. The molecule has 1 aromatic carbocycles. The van der Waals surface area contributed by atoms with Crippen LogP contribution < -0.4 is 0 Å². The fraction of sp³-hybridized carbons (Fsp3) is 0.450. The molecule has 0 bridgehead atoms. The number of likely N-dealkylation sites (tertiary alicyclic amines) is 1. The summed E-state index contributed by atoms with van der Waals surface area (Å²) in [4.78, 5) is 22.8. The number of nitrogens with zero attached hydrogens (tertiary/aromatic N) is 3. The van der Waals surface area contributed by atoms with Crippen molar-refractivity contribution in [1.82, 2.24) is 14.9 Å². The zero-order chi connectivity index (χ0) is 17.6. The number of aliphatic hydroxyl groups is 1. The molecule has 132 valence electrons. The van der Waals surface area contributed by atoms with Crippen molar-refractivity contribution >= 4 is 5.91 Å². The van der Waals surface area contributed by atoms with Gasteiger partial charge in [0.25, 0.3) is 5.91 Å². The Morgan fingerprint density at radius 3 is 2.44 bits per heavy atom. The molecule has 1 fully saturated rings. The van der Waals surface area contributed by atoms with Crippen LogP contribution in [0, 0.1) is 5.92 Å². The number of hydrogen-bond donors (Lipinski definition) is 1. The first-order valence-electron chi connectivity index (χ1n) is 8.99. The van der Waals surface area contributed by atoms with E-state index in [1.54, 1.807) is 12.4 Å². The number of aryl methyl sites for hydroxylation is 1. The van der Waals surface area contributed by atoms with Gasteiger partial charge >= 0.3 is 0 Å². The van der Waals surface area contributed by atoms with Crippen molar-refractivity contribution in [2.75, 3.05) is 13.1 Å². The molecular weight excluding hydrogens is 314 g/mol. The van der Waals surface area contributed by atoms with E-state index >= 15 is 0 Å². The van der Waals surface area contributed by atoms with Crippen LogP contribution in [0.15, 0.2) is 42.7 Å². The Kier molecular flexibility index (Phi) is 5.76. The van der Waals surface area contributed by atoms with Crippen molar-refractivity contribution in [2.24, 2.45) is 5.92 Å². The van der Waals surface area contributed by atoms with Crippen LogP contribution in [0.1, 0.15) is 41.5 Å². The Bertz CT molecular complexity index is 680. The number of carbonyl (C=O) groups is 1. The molecule has 3 rings (SSSR count). The first kappa shape index (κ1) is 17.5. The van der Waals surface area contributed by atoms with Gasteiger partial charge in [-0.2, -0.15) is 0 Å². The first-order chi connectivity index (χ1) is 12.2. The number of aromatic nitrogens is 2. The smallest absolute Gasteiger partial charge is 0.256 e. The maximum Gasteiger partial charge on any atom is 0.256 e. The second-order valence-electron chi connectivity index (χ2n) is 6.63. The molecule has 1 N–H and O–H groups in total. The van der Waals surface area contributed by atoms with Gasteiger partial charge in [0.2, 0.25) is 0 Å². The maximum atomic E-state index is 12.6. The lowest BCUT2D eigenvalue weighted by molar-refractivity contribution is 0.0467. The third-order valence-electron chi connectivity index (χ3n) is 4.93. The monoisotopic (exact) mass is 339 g/mol. The Hall–Kier alpha value is -2.27. The summed E-state index contributed by atoms with van der Waals surface area (Å²) in [6.07, 6.45) is 5.97. The lowest BCUT2D eigenvalue weighted by Crippen LogP contribution is -2.41. The molecule has 0 saturated carbocycles. The average Bonchev–Trinajstić information content (AvgIpc) is 2.68. The minimum Gasteiger partial charge on any atom is -0.392 e. The van der Waals surface area contributed by atoms with Crippen molar-refractivity contribution in [3.8, 4) is 0 Å². The number of carbonyl (C=O) groups excluding carboxylic acids is 1. The second kappa shape index (κ2) is 8.21. The van der Waals surface area contributed by atoms with Gasteiger partial charge < -0.3 is 10.0 Å². The van der Waals surface area contributed by atoms with Crippen LogP contribution in [0.3, 0.4) is 0 Å². The van der Waals surface area contributed by atoms with Crippen molar-refractivity contribution < 1.29 is 9.90 Å². The molecule has 1 saturated heterocycles. The molecule has 1 aromatic heterocycles. The highest BCUT2D eigenvalue weighted by molar-refractivity contribution is 5.93. The van der Waals surface area contributed by atoms with E-state index in [-0.39, 0.29) is 17.9 Å². The number of rotatable bonds is 5.